The number of amides is 2. The lowest BCUT2D eigenvalue weighted by Crippen LogP contribution is -2.47. The van der Waals surface area contributed by atoms with E-state index in [2.05, 4.69) is 12.2 Å². The molecule has 2 fully saturated rings. The van der Waals surface area contributed by atoms with Gasteiger partial charge >= 0.3 is 6.09 Å². The van der Waals surface area contributed by atoms with Crippen molar-refractivity contribution in [2.75, 3.05) is 19.6 Å². The highest BCUT2D eigenvalue weighted by Gasteiger charge is 2.43. The van der Waals surface area contributed by atoms with Gasteiger partial charge < -0.3 is 15.0 Å². The van der Waals surface area contributed by atoms with Gasteiger partial charge in [-0.05, 0) is 44.9 Å². The van der Waals surface area contributed by atoms with Crippen molar-refractivity contribution < 1.29 is 14.3 Å². The smallest absolute Gasteiger partial charge is 0.410 e. The third kappa shape index (κ3) is 3.44. The maximum atomic E-state index is 12.2. The molecule has 1 N–H and O–H groups in total. The van der Waals surface area contributed by atoms with Gasteiger partial charge in [0.2, 0.25) is 5.91 Å². The summed E-state index contributed by atoms with van der Waals surface area (Å²) in [5.41, 5.74) is -0.490. The Morgan fingerprint density at radius 1 is 1.45 bits per heavy atom. The van der Waals surface area contributed by atoms with E-state index in [0.717, 1.165) is 25.9 Å². The number of carbonyl (C=O) groups is 2. The molecule has 0 aliphatic carbocycles. The Kier molecular flexibility index (Phi) is 3.98. The Labute approximate surface area is 121 Å². The average Bonchev–Trinajstić information content (AvgIpc) is 2.69. The number of nitrogens with one attached hydrogen (secondary N) is 1. The number of piperidine rings is 1. The molecule has 2 amide bonds. The maximum Gasteiger partial charge on any atom is 0.410 e. The summed E-state index contributed by atoms with van der Waals surface area (Å²) in [6, 6.07) is 0. The minimum Gasteiger partial charge on any atom is -0.444 e. The molecule has 2 atom stereocenters. The standard InChI is InChI=1S/C15H26N2O3/c1-14(2,3)20-13(19)17-7-5-6-11(9-17)15(4)8-12(18)16-10-15/h11H,5-10H2,1-4H3,(H,16,18). The fourth-order valence-electron chi connectivity index (χ4n) is 3.12. The van der Waals surface area contributed by atoms with Crippen molar-refractivity contribution in [1.29, 1.82) is 0 Å². The first-order valence-electron chi connectivity index (χ1n) is 7.44. The van der Waals surface area contributed by atoms with E-state index in [1.54, 1.807) is 4.90 Å². The van der Waals surface area contributed by atoms with Gasteiger partial charge in [0.15, 0.2) is 0 Å². The quantitative estimate of drug-likeness (QED) is 0.802. The first-order valence-corrected chi connectivity index (χ1v) is 7.44. The molecule has 20 heavy (non-hydrogen) atoms. The molecule has 114 valence electrons. The Bertz CT molecular complexity index is 402. The number of hydrogen-bond donors (Lipinski definition) is 1. The first kappa shape index (κ1) is 15.1. The zero-order valence-corrected chi connectivity index (χ0v) is 13.0. The SMILES string of the molecule is CC(C)(C)OC(=O)N1CCCC(C2(C)CNC(=O)C2)C1. The monoisotopic (exact) mass is 282 g/mol. The maximum absolute atomic E-state index is 12.2. The van der Waals surface area contributed by atoms with E-state index in [4.69, 9.17) is 4.74 Å². The van der Waals surface area contributed by atoms with Gasteiger partial charge in [-0.1, -0.05) is 6.92 Å². The minimum absolute atomic E-state index is 0.0300. The Hall–Kier alpha value is -1.26. The van der Waals surface area contributed by atoms with Crippen molar-refractivity contribution in [3.05, 3.63) is 0 Å². The van der Waals surface area contributed by atoms with Crippen molar-refractivity contribution in [3.8, 4) is 0 Å². The fourth-order valence-corrected chi connectivity index (χ4v) is 3.12. The van der Waals surface area contributed by atoms with E-state index in [-0.39, 0.29) is 17.4 Å². The van der Waals surface area contributed by atoms with E-state index in [9.17, 15) is 9.59 Å². The van der Waals surface area contributed by atoms with Crippen LogP contribution >= 0.6 is 0 Å². The zero-order valence-electron chi connectivity index (χ0n) is 13.0. The highest BCUT2D eigenvalue weighted by molar-refractivity contribution is 5.79. The summed E-state index contributed by atoms with van der Waals surface area (Å²) < 4.78 is 5.45. The second kappa shape index (κ2) is 5.26. The molecule has 2 aliphatic rings. The number of hydrogen-bond acceptors (Lipinski definition) is 3. The Morgan fingerprint density at radius 2 is 2.15 bits per heavy atom. The van der Waals surface area contributed by atoms with Crippen LogP contribution in [0.2, 0.25) is 0 Å². The third-order valence-corrected chi connectivity index (χ3v) is 4.31. The summed E-state index contributed by atoms with van der Waals surface area (Å²) in [5, 5.41) is 2.92. The highest BCUT2D eigenvalue weighted by atomic mass is 16.6. The summed E-state index contributed by atoms with van der Waals surface area (Å²) in [6.07, 6.45) is 2.39. The predicted octanol–water partition coefficient (Wildman–Crippen LogP) is 2.16. The van der Waals surface area contributed by atoms with E-state index in [1.165, 1.54) is 0 Å². The molecule has 0 aromatic rings. The fraction of sp³-hybridized carbons (Fsp3) is 0.867. The lowest BCUT2D eigenvalue weighted by molar-refractivity contribution is -0.119. The number of carbonyl (C=O) groups excluding carboxylic acids is 2. The van der Waals surface area contributed by atoms with Crippen LogP contribution in [-0.2, 0) is 9.53 Å². The molecular weight excluding hydrogens is 256 g/mol. The molecule has 0 radical (unpaired) electrons. The van der Waals surface area contributed by atoms with Crippen LogP contribution in [0.4, 0.5) is 4.79 Å². The second-order valence-electron chi connectivity index (χ2n) is 7.37. The minimum atomic E-state index is -0.460. The molecule has 0 saturated carbocycles. The largest absolute Gasteiger partial charge is 0.444 e. The molecule has 0 spiro atoms. The number of rotatable bonds is 1. The molecule has 2 unspecified atom stereocenters. The van der Waals surface area contributed by atoms with Gasteiger partial charge in [-0.25, -0.2) is 4.79 Å². The highest BCUT2D eigenvalue weighted by Crippen LogP contribution is 2.39. The normalized spacial score (nSPS) is 31.1. The Balaban J connectivity index is 1.98. The van der Waals surface area contributed by atoms with Gasteiger partial charge in [-0.2, -0.15) is 0 Å². The van der Waals surface area contributed by atoms with E-state index in [0.29, 0.717) is 18.9 Å². The van der Waals surface area contributed by atoms with Crippen LogP contribution in [0.15, 0.2) is 0 Å². The third-order valence-electron chi connectivity index (χ3n) is 4.31. The van der Waals surface area contributed by atoms with Gasteiger partial charge in [-0.15, -0.1) is 0 Å². The summed E-state index contributed by atoms with van der Waals surface area (Å²) in [6.45, 7) is 9.96. The summed E-state index contributed by atoms with van der Waals surface area (Å²) in [5.74, 6) is 0.490. The molecular formula is C15H26N2O3. The average molecular weight is 282 g/mol. The topological polar surface area (TPSA) is 58.6 Å². The van der Waals surface area contributed by atoms with Crippen LogP contribution in [0.25, 0.3) is 0 Å². The van der Waals surface area contributed by atoms with Crippen LogP contribution in [0.3, 0.4) is 0 Å². The van der Waals surface area contributed by atoms with Gasteiger partial charge in [0, 0.05) is 26.1 Å². The van der Waals surface area contributed by atoms with Crippen LogP contribution in [0.5, 0.6) is 0 Å². The lowest BCUT2D eigenvalue weighted by Gasteiger charge is -2.40. The van der Waals surface area contributed by atoms with Crippen molar-refractivity contribution in [2.45, 2.75) is 52.6 Å². The van der Waals surface area contributed by atoms with E-state index >= 15 is 0 Å². The molecule has 5 heteroatoms. The first-order chi connectivity index (χ1) is 9.20. The number of nitrogens with zero attached hydrogens (tertiary/aromatic N) is 1. The van der Waals surface area contributed by atoms with Gasteiger partial charge in [-0.3, -0.25) is 4.79 Å². The van der Waals surface area contributed by atoms with Crippen LogP contribution in [0, 0.1) is 11.3 Å². The van der Waals surface area contributed by atoms with Crippen LogP contribution < -0.4 is 5.32 Å². The molecule has 2 saturated heterocycles. The van der Waals surface area contributed by atoms with Crippen molar-refractivity contribution in [1.82, 2.24) is 10.2 Å². The summed E-state index contributed by atoms with van der Waals surface area (Å²) >= 11 is 0. The molecule has 5 nitrogen and oxygen atoms in total. The van der Waals surface area contributed by atoms with Gasteiger partial charge in [0.1, 0.15) is 5.60 Å². The van der Waals surface area contributed by atoms with Crippen LogP contribution in [0.1, 0.15) is 47.0 Å². The van der Waals surface area contributed by atoms with Crippen molar-refractivity contribution in [3.63, 3.8) is 0 Å². The molecule has 2 aliphatic heterocycles. The molecule has 0 aromatic heterocycles. The Morgan fingerprint density at radius 3 is 2.70 bits per heavy atom. The molecule has 0 bridgehead atoms. The van der Waals surface area contributed by atoms with Gasteiger partial charge in [0.05, 0.1) is 0 Å². The predicted molar refractivity (Wildman–Crippen MR) is 76.3 cm³/mol. The summed E-state index contributed by atoms with van der Waals surface area (Å²) in [7, 11) is 0. The van der Waals surface area contributed by atoms with E-state index < -0.39 is 5.60 Å². The molecule has 2 rings (SSSR count). The summed E-state index contributed by atoms with van der Waals surface area (Å²) in [4.78, 5) is 25.5. The number of likely N-dealkylation sites (tertiary alicyclic amines) is 1. The zero-order chi connectivity index (χ0) is 15.0. The van der Waals surface area contributed by atoms with Crippen molar-refractivity contribution in [2.24, 2.45) is 11.3 Å². The van der Waals surface area contributed by atoms with Crippen molar-refractivity contribution >= 4 is 12.0 Å². The second-order valence-corrected chi connectivity index (χ2v) is 7.37. The van der Waals surface area contributed by atoms with Crippen LogP contribution in [-0.4, -0.2) is 42.1 Å². The molecule has 2 heterocycles. The number of ether oxygens (including phenoxy) is 1. The molecule has 0 aromatic carbocycles. The lowest BCUT2D eigenvalue weighted by atomic mass is 9.72. The van der Waals surface area contributed by atoms with Gasteiger partial charge in [0.25, 0.3) is 0 Å². The van der Waals surface area contributed by atoms with E-state index in [1.807, 2.05) is 20.8 Å².